The summed E-state index contributed by atoms with van der Waals surface area (Å²) < 4.78 is 26.8. The van der Waals surface area contributed by atoms with Crippen LogP contribution < -0.4 is 0 Å². The van der Waals surface area contributed by atoms with Crippen molar-refractivity contribution >= 4 is 27.8 Å². The molecule has 0 aliphatic carbocycles. The Labute approximate surface area is 129 Å². The van der Waals surface area contributed by atoms with Crippen molar-refractivity contribution in [2.45, 2.75) is 29.9 Å². The van der Waals surface area contributed by atoms with Gasteiger partial charge in [-0.3, -0.25) is 0 Å². The molecule has 1 aromatic carbocycles. The highest BCUT2D eigenvalue weighted by Gasteiger charge is 2.30. The van der Waals surface area contributed by atoms with Gasteiger partial charge in [0.25, 0.3) is 0 Å². The second-order valence-electron chi connectivity index (χ2n) is 5.59. The summed E-state index contributed by atoms with van der Waals surface area (Å²) >= 11 is 1.78. The first-order chi connectivity index (χ1) is 9.72. The lowest BCUT2D eigenvalue weighted by Crippen LogP contribution is -2.33. The van der Waals surface area contributed by atoms with E-state index in [2.05, 4.69) is 13.8 Å². The highest BCUT2D eigenvalue weighted by Crippen LogP contribution is 2.32. The molecule has 0 spiro atoms. The third-order valence-corrected chi connectivity index (χ3v) is 6.82. The monoisotopic (exact) mass is 329 g/mol. The van der Waals surface area contributed by atoms with Crippen molar-refractivity contribution in [2.24, 2.45) is 0 Å². The minimum atomic E-state index is -3.55. The summed E-state index contributed by atoms with van der Waals surface area (Å²) in [6.07, 6.45) is 0.796. The maximum atomic E-state index is 12.6. The molecule has 1 aromatic rings. The number of nitrogens with zero attached hydrogens (tertiary/aromatic N) is 1. The van der Waals surface area contributed by atoms with E-state index < -0.39 is 16.0 Å². The molecule has 0 saturated carbocycles. The molecule has 21 heavy (non-hydrogen) atoms. The summed E-state index contributed by atoms with van der Waals surface area (Å²) in [5.74, 6) is -0.300. The zero-order valence-corrected chi connectivity index (χ0v) is 13.7. The number of rotatable bonds is 3. The van der Waals surface area contributed by atoms with Crippen molar-refractivity contribution in [3.05, 3.63) is 29.8 Å². The summed E-state index contributed by atoms with van der Waals surface area (Å²) in [7, 11) is -3.55. The molecule has 0 aromatic heterocycles. The van der Waals surface area contributed by atoms with Gasteiger partial charge in [0.15, 0.2) is 0 Å². The molecule has 116 valence electrons. The minimum absolute atomic E-state index is 0.0808. The van der Waals surface area contributed by atoms with Crippen LogP contribution in [0.1, 0.15) is 30.6 Å². The summed E-state index contributed by atoms with van der Waals surface area (Å²) in [4.78, 5) is 11.0. The summed E-state index contributed by atoms with van der Waals surface area (Å²) in [6.45, 7) is 5.21. The number of carbonyl (C=O) groups is 1. The molecule has 7 heteroatoms. The molecule has 5 nitrogen and oxygen atoms in total. The maximum Gasteiger partial charge on any atom is 0.335 e. The lowest BCUT2D eigenvalue weighted by Gasteiger charge is -2.22. The third kappa shape index (κ3) is 3.78. The number of hydrogen-bond acceptors (Lipinski definition) is 4. The number of carboxylic acid groups (broad SMARTS) is 1. The van der Waals surface area contributed by atoms with Gasteiger partial charge in [-0.1, -0.05) is 13.8 Å². The van der Waals surface area contributed by atoms with Crippen molar-refractivity contribution in [2.75, 3.05) is 18.8 Å². The summed E-state index contributed by atoms with van der Waals surface area (Å²) in [5, 5.41) is 8.86. The minimum Gasteiger partial charge on any atom is -0.478 e. The highest BCUT2D eigenvalue weighted by molar-refractivity contribution is 8.00. The van der Waals surface area contributed by atoms with Gasteiger partial charge in [-0.2, -0.15) is 16.1 Å². The predicted molar refractivity (Wildman–Crippen MR) is 83.3 cm³/mol. The molecule has 0 bridgehead atoms. The Kier molecular flexibility index (Phi) is 4.65. The van der Waals surface area contributed by atoms with Crippen molar-refractivity contribution < 1.29 is 18.3 Å². The van der Waals surface area contributed by atoms with Crippen LogP contribution in [0.3, 0.4) is 0 Å². The first-order valence-corrected chi connectivity index (χ1v) is 9.12. The fraction of sp³-hybridized carbons (Fsp3) is 0.500. The van der Waals surface area contributed by atoms with Gasteiger partial charge >= 0.3 is 5.97 Å². The zero-order chi connectivity index (χ0) is 15.7. The molecule has 1 aliphatic rings. The van der Waals surface area contributed by atoms with Gasteiger partial charge in [0.2, 0.25) is 10.0 Å². The van der Waals surface area contributed by atoms with Gasteiger partial charge in [-0.15, -0.1) is 0 Å². The first-order valence-electron chi connectivity index (χ1n) is 6.70. The van der Waals surface area contributed by atoms with Gasteiger partial charge < -0.3 is 5.11 Å². The topological polar surface area (TPSA) is 74.7 Å². The Morgan fingerprint density at radius 1 is 1.24 bits per heavy atom. The van der Waals surface area contributed by atoms with Crippen LogP contribution in [-0.2, 0) is 10.0 Å². The molecule has 0 radical (unpaired) electrons. The van der Waals surface area contributed by atoms with Gasteiger partial charge in [0.1, 0.15) is 0 Å². The molecular weight excluding hydrogens is 310 g/mol. The molecule has 1 heterocycles. The summed E-state index contributed by atoms with van der Waals surface area (Å²) in [6, 6.07) is 5.38. The fourth-order valence-corrected chi connectivity index (χ4v) is 4.82. The largest absolute Gasteiger partial charge is 0.478 e. The number of sulfonamides is 1. The van der Waals surface area contributed by atoms with Crippen LogP contribution >= 0.6 is 11.8 Å². The SMILES string of the molecule is CC1(C)CCN(S(=O)(=O)c2ccc(C(=O)O)cc2)CCS1. The van der Waals surface area contributed by atoms with E-state index in [-0.39, 0.29) is 15.2 Å². The lowest BCUT2D eigenvalue weighted by atomic mass is 10.1. The fourth-order valence-electron chi connectivity index (χ4n) is 2.16. The Morgan fingerprint density at radius 3 is 2.43 bits per heavy atom. The van der Waals surface area contributed by atoms with Crippen molar-refractivity contribution in [1.29, 1.82) is 0 Å². The molecule has 1 saturated heterocycles. The molecule has 0 unspecified atom stereocenters. The van der Waals surface area contributed by atoms with Crippen molar-refractivity contribution in [3.63, 3.8) is 0 Å². The number of carboxylic acids is 1. The maximum absolute atomic E-state index is 12.6. The van der Waals surface area contributed by atoms with E-state index in [4.69, 9.17) is 5.11 Å². The van der Waals surface area contributed by atoms with E-state index in [0.29, 0.717) is 13.1 Å². The quantitative estimate of drug-likeness (QED) is 0.921. The lowest BCUT2D eigenvalue weighted by molar-refractivity contribution is 0.0696. The van der Waals surface area contributed by atoms with E-state index in [9.17, 15) is 13.2 Å². The van der Waals surface area contributed by atoms with Crippen LogP contribution in [0.15, 0.2) is 29.2 Å². The van der Waals surface area contributed by atoms with Crippen LogP contribution in [0, 0.1) is 0 Å². The van der Waals surface area contributed by atoms with Gasteiger partial charge in [0.05, 0.1) is 10.5 Å². The van der Waals surface area contributed by atoms with Gasteiger partial charge in [-0.05, 0) is 30.7 Å². The molecule has 1 fully saturated rings. The smallest absolute Gasteiger partial charge is 0.335 e. The average molecular weight is 329 g/mol. The average Bonchev–Trinajstić information content (AvgIpc) is 2.60. The Hall–Kier alpha value is -1.05. The van der Waals surface area contributed by atoms with Crippen LogP contribution in [0.25, 0.3) is 0 Å². The third-order valence-electron chi connectivity index (χ3n) is 3.54. The number of aromatic carboxylic acids is 1. The van der Waals surface area contributed by atoms with E-state index in [0.717, 1.165) is 12.2 Å². The molecule has 0 atom stereocenters. The highest BCUT2D eigenvalue weighted by atomic mass is 32.2. The molecule has 1 aliphatic heterocycles. The number of benzene rings is 1. The number of thioether (sulfide) groups is 1. The molecule has 2 rings (SSSR count). The van der Waals surface area contributed by atoms with Crippen LogP contribution in [0.5, 0.6) is 0 Å². The normalized spacial score (nSPS) is 19.9. The molecule has 0 amide bonds. The van der Waals surface area contributed by atoms with E-state index >= 15 is 0 Å². The Bertz CT molecular complexity index is 623. The van der Waals surface area contributed by atoms with E-state index in [1.165, 1.54) is 28.6 Å². The molecule has 1 N–H and O–H groups in total. The van der Waals surface area contributed by atoms with Crippen LogP contribution in [0.4, 0.5) is 0 Å². The zero-order valence-electron chi connectivity index (χ0n) is 12.1. The van der Waals surface area contributed by atoms with Crippen molar-refractivity contribution in [3.8, 4) is 0 Å². The van der Waals surface area contributed by atoms with Gasteiger partial charge in [-0.25, -0.2) is 13.2 Å². The summed E-state index contributed by atoms with van der Waals surface area (Å²) in [5.41, 5.74) is 0.0847. The Morgan fingerprint density at radius 2 is 1.86 bits per heavy atom. The first kappa shape index (κ1) is 16.3. The second kappa shape index (κ2) is 5.98. The Balaban J connectivity index is 2.23. The number of hydrogen-bond donors (Lipinski definition) is 1. The predicted octanol–water partition coefficient (Wildman–Crippen LogP) is 2.29. The standard InChI is InChI=1S/C14H19NO4S2/c1-14(2)7-8-15(9-10-20-14)21(18,19)12-5-3-11(4-6-12)13(16)17/h3-6H,7-10H2,1-2H3,(H,16,17). The van der Waals surface area contributed by atoms with Gasteiger partial charge in [0, 0.05) is 23.6 Å². The van der Waals surface area contributed by atoms with E-state index in [1.54, 1.807) is 11.8 Å². The van der Waals surface area contributed by atoms with E-state index in [1.807, 2.05) is 0 Å². The second-order valence-corrected chi connectivity index (χ2v) is 9.33. The van der Waals surface area contributed by atoms with Crippen LogP contribution in [0.2, 0.25) is 0 Å². The molecular formula is C14H19NO4S2. The van der Waals surface area contributed by atoms with Crippen molar-refractivity contribution in [1.82, 2.24) is 4.31 Å². The van der Waals surface area contributed by atoms with Crippen LogP contribution in [-0.4, -0.2) is 47.4 Å².